The molecule has 1 amide bonds. The van der Waals surface area contributed by atoms with Crippen molar-refractivity contribution >= 4 is 11.8 Å². The summed E-state index contributed by atoms with van der Waals surface area (Å²) in [7, 11) is 0. The van der Waals surface area contributed by atoms with Gasteiger partial charge in [-0.25, -0.2) is 4.79 Å². The predicted molar refractivity (Wildman–Crippen MR) is 75.0 cm³/mol. The first kappa shape index (κ1) is 12.3. The van der Waals surface area contributed by atoms with Crippen molar-refractivity contribution in [3.05, 3.63) is 42.0 Å². The molecular weight excluding hydrogens is 238 g/mol. The summed E-state index contributed by atoms with van der Waals surface area (Å²) in [6, 6.07) is 7.71. The Morgan fingerprint density at radius 3 is 2.68 bits per heavy atom. The molecule has 1 aromatic rings. The van der Waals surface area contributed by atoms with Crippen molar-refractivity contribution in [3.8, 4) is 0 Å². The van der Waals surface area contributed by atoms with Crippen LogP contribution in [0.3, 0.4) is 0 Å². The van der Waals surface area contributed by atoms with Crippen LogP contribution in [0, 0.1) is 24.7 Å². The van der Waals surface area contributed by atoms with E-state index in [4.69, 9.17) is 4.74 Å². The number of rotatable bonds is 3. The number of benzene rings is 1. The van der Waals surface area contributed by atoms with Crippen molar-refractivity contribution in [3.63, 3.8) is 0 Å². The molecule has 3 rings (SSSR count). The molecule has 0 unspecified atom stereocenters. The van der Waals surface area contributed by atoms with Crippen molar-refractivity contribution in [1.82, 2.24) is 0 Å². The van der Waals surface area contributed by atoms with E-state index in [-0.39, 0.29) is 6.09 Å². The third kappa shape index (κ3) is 2.80. The van der Waals surface area contributed by atoms with Crippen LogP contribution in [-0.4, -0.2) is 12.7 Å². The van der Waals surface area contributed by atoms with E-state index in [9.17, 15) is 4.79 Å². The summed E-state index contributed by atoms with van der Waals surface area (Å²) >= 11 is 0. The third-order valence-corrected chi connectivity index (χ3v) is 4.14. The van der Waals surface area contributed by atoms with Crippen molar-refractivity contribution in [2.45, 2.75) is 19.8 Å². The number of carbonyl (C=O) groups excluding carboxylic acids is 1. The molecule has 3 atom stereocenters. The fraction of sp³-hybridized carbons (Fsp3) is 0.438. The monoisotopic (exact) mass is 257 g/mol. The van der Waals surface area contributed by atoms with Gasteiger partial charge in [-0.2, -0.15) is 0 Å². The quantitative estimate of drug-likeness (QED) is 0.837. The van der Waals surface area contributed by atoms with Gasteiger partial charge in [-0.05, 0) is 43.7 Å². The van der Waals surface area contributed by atoms with Gasteiger partial charge in [0, 0.05) is 11.6 Å². The first-order chi connectivity index (χ1) is 9.20. The Kier molecular flexibility index (Phi) is 3.28. The van der Waals surface area contributed by atoms with Gasteiger partial charge in [-0.3, -0.25) is 5.32 Å². The zero-order valence-electron chi connectivity index (χ0n) is 11.1. The second-order valence-corrected chi connectivity index (χ2v) is 5.63. The topological polar surface area (TPSA) is 38.3 Å². The normalized spacial score (nSPS) is 27.5. The molecule has 3 heteroatoms. The summed E-state index contributed by atoms with van der Waals surface area (Å²) in [5, 5.41) is 2.76. The van der Waals surface area contributed by atoms with Crippen LogP contribution in [0.15, 0.2) is 36.4 Å². The lowest BCUT2D eigenvalue weighted by Gasteiger charge is -2.17. The highest BCUT2D eigenvalue weighted by Crippen LogP contribution is 2.43. The highest BCUT2D eigenvalue weighted by Gasteiger charge is 2.36. The Labute approximate surface area is 113 Å². The largest absolute Gasteiger partial charge is 0.449 e. The van der Waals surface area contributed by atoms with Crippen LogP contribution >= 0.6 is 0 Å². The molecule has 1 saturated carbocycles. The minimum absolute atomic E-state index is 0.351. The van der Waals surface area contributed by atoms with Crippen LogP contribution in [0.4, 0.5) is 10.5 Å². The van der Waals surface area contributed by atoms with Crippen molar-refractivity contribution in [2.75, 3.05) is 11.9 Å². The number of amides is 1. The number of anilines is 1. The maximum atomic E-state index is 11.7. The van der Waals surface area contributed by atoms with E-state index in [1.165, 1.54) is 18.4 Å². The van der Waals surface area contributed by atoms with E-state index in [1.807, 2.05) is 31.2 Å². The van der Waals surface area contributed by atoms with Gasteiger partial charge < -0.3 is 4.74 Å². The molecule has 2 aliphatic carbocycles. The van der Waals surface area contributed by atoms with E-state index in [2.05, 4.69) is 17.5 Å². The van der Waals surface area contributed by atoms with Crippen molar-refractivity contribution in [1.29, 1.82) is 0 Å². The Morgan fingerprint density at radius 2 is 2.05 bits per heavy atom. The first-order valence-corrected chi connectivity index (χ1v) is 6.89. The van der Waals surface area contributed by atoms with E-state index >= 15 is 0 Å². The van der Waals surface area contributed by atoms with Gasteiger partial charge in [0.05, 0.1) is 6.61 Å². The molecule has 0 aliphatic heterocycles. The summed E-state index contributed by atoms with van der Waals surface area (Å²) in [5.74, 6) is 1.86. The summed E-state index contributed by atoms with van der Waals surface area (Å²) in [5.41, 5.74) is 1.95. The highest BCUT2D eigenvalue weighted by atomic mass is 16.5. The number of nitrogens with one attached hydrogen (secondary N) is 1. The van der Waals surface area contributed by atoms with Gasteiger partial charge in [0.25, 0.3) is 0 Å². The number of fused-ring (bicyclic) bond motifs is 2. The molecule has 1 N–H and O–H groups in total. The molecule has 1 fully saturated rings. The lowest BCUT2D eigenvalue weighted by atomic mass is 9.95. The number of hydrogen-bond acceptors (Lipinski definition) is 2. The highest BCUT2D eigenvalue weighted by molar-refractivity contribution is 5.84. The van der Waals surface area contributed by atoms with Crippen LogP contribution in [0.2, 0.25) is 0 Å². The minimum atomic E-state index is -0.351. The Hall–Kier alpha value is -1.77. The van der Waals surface area contributed by atoms with Gasteiger partial charge >= 0.3 is 6.09 Å². The maximum Gasteiger partial charge on any atom is 0.411 e. The average Bonchev–Trinajstić information content (AvgIpc) is 3.01. The minimum Gasteiger partial charge on any atom is -0.449 e. The molecule has 0 spiro atoms. The molecule has 0 heterocycles. The van der Waals surface area contributed by atoms with Crippen molar-refractivity contribution in [2.24, 2.45) is 17.8 Å². The zero-order valence-corrected chi connectivity index (χ0v) is 11.1. The van der Waals surface area contributed by atoms with Gasteiger partial charge in [0.15, 0.2) is 0 Å². The fourth-order valence-corrected chi connectivity index (χ4v) is 3.06. The smallest absolute Gasteiger partial charge is 0.411 e. The van der Waals surface area contributed by atoms with Gasteiger partial charge in [-0.15, -0.1) is 0 Å². The van der Waals surface area contributed by atoms with Crippen LogP contribution in [-0.2, 0) is 4.74 Å². The molecule has 0 saturated heterocycles. The van der Waals surface area contributed by atoms with Crippen LogP contribution < -0.4 is 5.32 Å². The maximum absolute atomic E-state index is 11.7. The Morgan fingerprint density at radius 1 is 1.26 bits per heavy atom. The number of carbonyl (C=O) groups is 1. The molecule has 0 radical (unpaired) electrons. The molecular formula is C16H19NO2. The molecule has 19 heavy (non-hydrogen) atoms. The standard InChI is InChI=1S/C16H19NO2/c1-11-2-6-15(7-3-11)17-16(18)19-10-14-9-12-4-5-13(14)8-12/h2-7,12-14H,8-10H2,1H3,(H,17,18)/t12-,13-,14+/m0/s1. The van der Waals surface area contributed by atoms with Gasteiger partial charge in [0.1, 0.15) is 0 Å². The molecule has 100 valence electrons. The van der Waals surface area contributed by atoms with Crippen LogP contribution in [0.25, 0.3) is 0 Å². The number of aryl methyl sites for hydroxylation is 1. The summed E-state index contributed by atoms with van der Waals surface area (Å²) in [6.07, 6.45) is 6.64. The third-order valence-electron chi connectivity index (χ3n) is 4.14. The second kappa shape index (κ2) is 5.08. The zero-order chi connectivity index (χ0) is 13.2. The lowest BCUT2D eigenvalue weighted by molar-refractivity contribution is 0.134. The first-order valence-electron chi connectivity index (χ1n) is 6.89. The van der Waals surface area contributed by atoms with Gasteiger partial charge in [0.2, 0.25) is 0 Å². The molecule has 2 bridgehead atoms. The average molecular weight is 257 g/mol. The van der Waals surface area contributed by atoms with Crippen LogP contribution in [0.5, 0.6) is 0 Å². The van der Waals surface area contributed by atoms with E-state index in [0.29, 0.717) is 18.4 Å². The summed E-state index contributed by atoms with van der Waals surface area (Å²) in [6.45, 7) is 2.55. The predicted octanol–water partition coefficient (Wildman–Crippen LogP) is 3.76. The van der Waals surface area contributed by atoms with Crippen molar-refractivity contribution < 1.29 is 9.53 Å². The fourth-order valence-electron chi connectivity index (χ4n) is 3.06. The SMILES string of the molecule is Cc1ccc(NC(=O)OC[C@H]2C[C@H]3C=C[C@H]2C3)cc1. The Balaban J connectivity index is 1.47. The van der Waals surface area contributed by atoms with Gasteiger partial charge in [-0.1, -0.05) is 29.8 Å². The summed E-state index contributed by atoms with van der Waals surface area (Å²) in [4.78, 5) is 11.7. The molecule has 0 aromatic heterocycles. The Bertz CT molecular complexity index is 492. The van der Waals surface area contributed by atoms with E-state index < -0.39 is 0 Å². The molecule has 1 aromatic carbocycles. The van der Waals surface area contributed by atoms with E-state index in [1.54, 1.807) is 0 Å². The van der Waals surface area contributed by atoms with Crippen LogP contribution in [0.1, 0.15) is 18.4 Å². The molecule has 3 nitrogen and oxygen atoms in total. The number of ether oxygens (including phenoxy) is 1. The number of hydrogen-bond donors (Lipinski definition) is 1. The number of allylic oxidation sites excluding steroid dienone is 2. The second-order valence-electron chi connectivity index (χ2n) is 5.63. The lowest BCUT2D eigenvalue weighted by Crippen LogP contribution is -2.21. The molecule has 2 aliphatic rings. The van der Waals surface area contributed by atoms with E-state index in [0.717, 1.165) is 11.6 Å². The summed E-state index contributed by atoms with van der Waals surface area (Å²) < 4.78 is 5.33.